The van der Waals surface area contributed by atoms with Crippen molar-refractivity contribution < 1.29 is 0 Å². The van der Waals surface area contributed by atoms with Crippen molar-refractivity contribution in [3.8, 4) is 11.3 Å². The third kappa shape index (κ3) is 2.05. The molecule has 0 aliphatic heterocycles. The minimum Gasteiger partial charge on any atom is -0.382 e. The van der Waals surface area contributed by atoms with Crippen molar-refractivity contribution in [2.45, 2.75) is 26.8 Å². The van der Waals surface area contributed by atoms with Gasteiger partial charge in [0.25, 0.3) is 0 Å². The second-order valence-electron chi connectivity index (χ2n) is 5.42. The quantitative estimate of drug-likeness (QED) is 0.768. The van der Waals surface area contributed by atoms with Crippen molar-refractivity contribution in [1.29, 1.82) is 0 Å². The average molecular weight is 269 g/mol. The van der Waals surface area contributed by atoms with E-state index in [0.29, 0.717) is 6.04 Å². The van der Waals surface area contributed by atoms with E-state index in [4.69, 9.17) is 0 Å². The number of fused-ring (bicyclic) bond motifs is 1. The second kappa shape index (κ2) is 4.67. The molecule has 0 atom stereocenters. The van der Waals surface area contributed by atoms with Crippen LogP contribution < -0.4 is 5.32 Å². The van der Waals surface area contributed by atoms with Crippen LogP contribution in [0, 0.1) is 6.92 Å². The summed E-state index contributed by atoms with van der Waals surface area (Å²) in [7, 11) is 1.92. The number of nitrogens with zero attached hydrogens (tertiary/aromatic N) is 3. The zero-order valence-electron chi connectivity index (χ0n) is 12.2. The van der Waals surface area contributed by atoms with Gasteiger partial charge >= 0.3 is 0 Å². The molecule has 104 valence electrons. The molecule has 2 N–H and O–H groups in total. The molecule has 0 saturated carbocycles. The fourth-order valence-electron chi connectivity index (χ4n) is 2.44. The Hall–Kier alpha value is -2.30. The van der Waals surface area contributed by atoms with Crippen LogP contribution in [0.5, 0.6) is 0 Å². The number of nitrogens with one attached hydrogen (secondary N) is 2. The van der Waals surface area contributed by atoms with E-state index in [9.17, 15) is 0 Å². The lowest BCUT2D eigenvalue weighted by Gasteiger charge is -2.15. The molecule has 0 spiro atoms. The number of aryl methyl sites for hydroxylation is 2. The number of H-pyrrole nitrogens is 1. The van der Waals surface area contributed by atoms with Crippen molar-refractivity contribution in [3.05, 3.63) is 30.2 Å². The van der Waals surface area contributed by atoms with Crippen LogP contribution in [0.25, 0.3) is 22.3 Å². The van der Waals surface area contributed by atoms with Gasteiger partial charge in [0.2, 0.25) is 0 Å². The van der Waals surface area contributed by atoms with E-state index in [-0.39, 0.29) is 0 Å². The normalized spacial score (nSPS) is 11.4. The van der Waals surface area contributed by atoms with E-state index in [0.717, 1.165) is 28.0 Å². The molecule has 3 aromatic heterocycles. The first-order chi connectivity index (χ1) is 9.56. The van der Waals surface area contributed by atoms with Crippen molar-refractivity contribution in [2.75, 3.05) is 5.32 Å². The van der Waals surface area contributed by atoms with Gasteiger partial charge in [0.05, 0.1) is 11.4 Å². The van der Waals surface area contributed by atoms with E-state index in [2.05, 4.69) is 41.2 Å². The van der Waals surface area contributed by atoms with Gasteiger partial charge in [-0.15, -0.1) is 0 Å². The van der Waals surface area contributed by atoms with Gasteiger partial charge in [-0.1, -0.05) is 0 Å². The summed E-state index contributed by atoms with van der Waals surface area (Å²) in [6.07, 6.45) is 5.82. The van der Waals surface area contributed by atoms with Gasteiger partial charge in [0.1, 0.15) is 5.65 Å². The predicted molar refractivity (Wildman–Crippen MR) is 81.8 cm³/mol. The summed E-state index contributed by atoms with van der Waals surface area (Å²) in [6.45, 7) is 6.36. The molecular formula is C15H19N5. The maximum absolute atomic E-state index is 4.51. The molecule has 0 fully saturated rings. The first-order valence-corrected chi connectivity index (χ1v) is 6.79. The largest absolute Gasteiger partial charge is 0.382 e. The molecule has 0 aliphatic carbocycles. The predicted octanol–water partition coefficient (Wildman–Crippen LogP) is 3.09. The van der Waals surface area contributed by atoms with Gasteiger partial charge in [0.15, 0.2) is 0 Å². The molecule has 0 aromatic carbocycles. The summed E-state index contributed by atoms with van der Waals surface area (Å²) in [5, 5.41) is 9.18. The maximum atomic E-state index is 4.51. The molecule has 5 nitrogen and oxygen atoms in total. The highest BCUT2D eigenvalue weighted by atomic mass is 15.2. The first kappa shape index (κ1) is 12.7. The Bertz CT molecular complexity index is 751. The van der Waals surface area contributed by atoms with Crippen molar-refractivity contribution in [2.24, 2.45) is 7.05 Å². The van der Waals surface area contributed by atoms with Crippen LogP contribution in [-0.4, -0.2) is 25.8 Å². The van der Waals surface area contributed by atoms with Crippen LogP contribution in [0.2, 0.25) is 0 Å². The highest BCUT2D eigenvalue weighted by molar-refractivity contribution is 5.99. The lowest BCUT2D eigenvalue weighted by molar-refractivity contribution is 0.771. The third-order valence-electron chi connectivity index (χ3n) is 3.32. The van der Waals surface area contributed by atoms with Gasteiger partial charge in [0, 0.05) is 42.6 Å². The van der Waals surface area contributed by atoms with Gasteiger partial charge < -0.3 is 10.3 Å². The van der Waals surface area contributed by atoms with Crippen LogP contribution in [0.15, 0.2) is 24.7 Å². The van der Waals surface area contributed by atoms with Crippen molar-refractivity contribution in [1.82, 2.24) is 19.7 Å². The Morgan fingerprint density at radius 1 is 1.35 bits per heavy atom. The summed E-state index contributed by atoms with van der Waals surface area (Å²) in [6, 6.07) is 2.36. The fraction of sp³-hybridized carbons (Fsp3) is 0.333. The maximum Gasteiger partial charge on any atom is 0.139 e. The molecular weight excluding hydrogens is 250 g/mol. The third-order valence-corrected chi connectivity index (χ3v) is 3.32. The van der Waals surface area contributed by atoms with Gasteiger partial charge in [-0.2, -0.15) is 5.10 Å². The van der Waals surface area contributed by atoms with E-state index < -0.39 is 0 Å². The Labute approximate surface area is 118 Å². The zero-order valence-corrected chi connectivity index (χ0v) is 12.2. The molecule has 0 radical (unpaired) electrons. The molecule has 3 aromatic rings. The minimum atomic E-state index is 0.345. The standard InChI is InChI=1S/C15H19N5/c1-9(2)18-14-11(12-5-6-20(4)19-12)8-17-15-13(14)10(3)7-16-15/h5-9H,1-4H3,(H2,16,17,18). The van der Waals surface area contributed by atoms with Gasteiger partial charge in [-0.05, 0) is 32.4 Å². The monoisotopic (exact) mass is 269 g/mol. The van der Waals surface area contributed by atoms with Crippen LogP contribution in [0.3, 0.4) is 0 Å². The van der Waals surface area contributed by atoms with Crippen LogP contribution in [0.1, 0.15) is 19.4 Å². The highest BCUT2D eigenvalue weighted by Gasteiger charge is 2.15. The fourth-order valence-corrected chi connectivity index (χ4v) is 2.44. The van der Waals surface area contributed by atoms with Crippen molar-refractivity contribution in [3.63, 3.8) is 0 Å². The number of aromatic amines is 1. The summed E-state index contributed by atoms with van der Waals surface area (Å²) >= 11 is 0. The molecule has 0 amide bonds. The van der Waals surface area contributed by atoms with E-state index in [1.54, 1.807) is 0 Å². The second-order valence-corrected chi connectivity index (χ2v) is 5.42. The van der Waals surface area contributed by atoms with Gasteiger partial charge in [-0.3, -0.25) is 4.68 Å². The number of pyridine rings is 1. The van der Waals surface area contributed by atoms with E-state index >= 15 is 0 Å². The molecule has 3 rings (SSSR count). The summed E-state index contributed by atoms with van der Waals surface area (Å²) in [5.74, 6) is 0. The molecule has 0 bridgehead atoms. The summed E-state index contributed by atoms with van der Waals surface area (Å²) in [5.41, 5.74) is 5.17. The molecule has 3 heterocycles. The van der Waals surface area contributed by atoms with Gasteiger partial charge in [-0.25, -0.2) is 4.98 Å². The van der Waals surface area contributed by atoms with Crippen LogP contribution in [0.4, 0.5) is 5.69 Å². The van der Waals surface area contributed by atoms with E-state index in [1.807, 2.05) is 36.4 Å². The molecule has 0 unspecified atom stereocenters. The summed E-state index contributed by atoms with van der Waals surface area (Å²) in [4.78, 5) is 7.72. The Morgan fingerprint density at radius 2 is 2.15 bits per heavy atom. The molecule has 5 heteroatoms. The molecule has 20 heavy (non-hydrogen) atoms. The lowest BCUT2D eigenvalue weighted by atomic mass is 10.1. The van der Waals surface area contributed by atoms with Crippen LogP contribution >= 0.6 is 0 Å². The zero-order chi connectivity index (χ0) is 14.3. The Kier molecular flexibility index (Phi) is 2.97. The number of anilines is 1. The summed E-state index contributed by atoms with van der Waals surface area (Å²) < 4.78 is 1.81. The molecule has 0 aliphatic rings. The molecule has 0 saturated heterocycles. The topological polar surface area (TPSA) is 58.5 Å². The highest BCUT2D eigenvalue weighted by Crippen LogP contribution is 2.34. The number of hydrogen-bond donors (Lipinski definition) is 2. The lowest BCUT2D eigenvalue weighted by Crippen LogP contribution is -2.11. The number of aromatic nitrogens is 4. The minimum absolute atomic E-state index is 0.345. The Morgan fingerprint density at radius 3 is 2.80 bits per heavy atom. The Balaban J connectivity index is 2.27. The number of rotatable bonds is 3. The smallest absolute Gasteiger partial charge is 0.139 e. The van der Waals surface area contributed by atoms with Crippen LogP contribution in [-0.2, 0) is 7.05 Å². The first-order valence-electron chi connectivity index (χ1n) is 6.79. The SMILES string of the molecule is Cc1c[nH]c2ncc(-c3ccn(C)n3)c(NC(C)C)c12. The number of hydrogen-bond acceptors (Lipinski definition) is 3. The van der Waals surface area contributed by atoms with E-state index in [1.165, 1.54) is 5.56 Å². The average Bonchev–Trinajstić information content (AvgIpc) is 2.96. The van der Waals surface area contributed by atoms with Crippen molar-refractivity contribution >= 4 is 16.7 Å².